The van der Waals surface area contributed by atoms with Crippen LogP contribution >= 0.6 is 11.6 Å². The molecule has 1 aromatic carbocycles. The Morgan fingerprint density at radius 3 is 2.31 bits per heavy atom. The van der Waals surface area contributed by atoms with Crippen molar-refractivity contribution < 1.29 is 0 Å². The van der Waals surface area contributed by atoms with Crippen molar-refractivity contribution in [2.45, 2.75) is 31.2 Å². The first-order valence-electron chi connectivity index (χ1n) is 4.71. The fourth-order valence-corrected chi connectivity index (χ4v) is 1.94. The van der Waals surface area contributed by atoms with Gasteiger partial charge in [0.25, 0.3) is 0 Å². The number of nitrogens with two attached hydrogens (primary N) is 1. The molecule has 1 saturated carbocycles. The zero-order valence-electron chi connectivity index (χ0n) is 7.59. The Balaban J connectivity index is 2.05. The summed E-state index contributed by atoms with van der Waals surface area (Å²) in [6.45, 7) is 0. The highest BCUT2D eigenvalue weighted by Crippen LogP contribution is 2.32. The van der Waals surface area contributed by atoms with Gasteiger partial charge in [-0.1, -0.05) is 23.7 Å². The van der Waals surface area contributed by atoms with Gasteiger partial charge in [0.1, 0.15) is 0 Å². The maximum absolute atomic E-state index is 6.14. The molecule has 13 heavy (non-hydrogen) atoms. The predicted molar refractivity (Wildman–Crippen MR) is 55.9 cm³/mol. The minimum atomic E-state index is 0.0772. The van der Waals surface area contributed by atoms with Crippen molar-refractivity contribution in [3.8, 4) is 0 Å². The number of benzene rings is 1. The maximum atomic E-state index is 6.14. The molecule has 1 aliphatic rings. The molecule has 2 rings (SSSR count). The molecule has 0 saturated heterocycles. The Morgan fingerprint density at radius 1 is 1.23 bits per heavy atom. The van der Waals surface area contributed by atoms with Crippen molar-refractivity contribution >= 4 is 11.6 Å². The van der Waals surface area contributed by atoms with E-state index >= 15 is 0 Å². The van der Waals surface area contributed by atoms with E-state index in [-0.39, 0.29) is 5.54 Å². The van der Waals surface area contributed by atoms with Gasteiger partial charge in [-0.15, -0.1) is 0 Å². The number of hydrogen-bond acceptors (Lipinski definition) is 1. The molecule has 0 atom stereocenters. The summed E-state index contributed by atoms with van der Waals surface area (Å²) in [5, 5.41) is 0.795. The summed E-state index contributed by atoms with van der Waals surface area (Å²) in [4.78, 5) is 0. The average molecular weight is 196 g/mol. The SMILES string of the molecule is NC1(Cc2ccc(Cl)cc2)CCC1. The third-order valence-corrected chi connectivity index (χ3v) is 3.07. The minimum Gasteiger partial charge on any atom is -0.325 e. The van der Waals surface area contributed by atoms with Crippen molar-refractivity contribution in [1.29, 1.82) is 0 Å². The predicted octanol–water partition coefficient (Wildman–Crippen LogP) is 2.76. The van der Waals surface area contributed by atoms with Crippen molar-refractivity contribution in [3.05, 3.63) is 34.9 Å². The highest BCUT2D eigenvalue weighted by Gasteiger charge is 2.32. The van der Waals surface area contributed by atoms with Gasteiger partial charge < -0.3 is 5.73 Å². The first kappa shape index (κ1) is 9.04. The van der Waals surface area contributed by atoms with Gasteiger partial charge in [-0.3, -0.25) is 0 Å². The molecule has 0 aliphatic heterocycles. The summed E-state index contributed by atoms with van der Waals surface area (Å²) in [5.41, 5.74) is 7.51. The molecular formula is C11H14ClN. The molecule has 1 nitrogen and oxygen atoms in total. The Bertz CT molecular complexity index is 287. The van der Waals surface area contributed by atoms with E-state index in [1.807, 2.05) is 12.1 Å². The van der Waals surface area contributed by atoms with Crippen LogP contribution in [0, 0.1) is 0 Å². The van der Waals surface area contributed by atoms with Crippen LogP contribution in [0.5, 0.6) is 0 Å². The van der Waals surface area contributed by atoms with Crippen molar-refractivity contribution in [3.63, 3.8) is 0 Å². The first-order chi connectivity index (χ1) is 6.18. The molecule has 0 spiro atoms. The molecule has 2 N–H and O–H groups in total. The summed E-state index contributed by atoms with van der Waals surface area (Å²) in [6.07, 6.45) is 4.60. The topological polar surface area (TPSA) is 26.0 Å². The lowest BCUT2D eigenvalue weighted by atomic mass is 9.74. The molecule has 1 aliphatic carbocycles. The Labute approximate surface area is 83.9 Å². The second kappa shape index (κ2) is 3.32. The van der Waals surface area contributed by atoms with Crippen LogP contribution in [0.15, 0.2) is 24.3 Å². The molecule has 2 heteroatoms. The van der Waals surface area contributed by atoms with Crippen LogP contribution in [-0.2, 0) is 6.42 Å². The quantitative estimate of drug-likeness (QED) is 0.772. The molecule has 1 aromatic rings. The van der Waals surface area contributed by atoms with Crippen molar-refractivity contribution in [2.75, 3.05) is 0 Å². The van der Waals surface area contributed by atoms with Gasteiger partial charge in [0.2, 0.25) is 0 Å². The highest BCUT2D eigenvalue weighted by molar-refractivity contribution is 6.30. The standard InChI is InChI=1S/C11H14ClN/c12-10-4-2-9(3-5-10)8-11(13)6-1-7-11/h2-5H,1,6-8,13H2. The summed E-state index contributed by atoms with van der Waals surface area (Å²) >= 11 is 5.80. The van der Waals surface area contributed by atoms with Gasteiger partial charge in [0, 0.05) is 10.6 Å². The number of hydrogen-bond donors (Lipinski definition) is 1. The molecule has 0 bridgehead atoms. The van der Waals surface area contributed by atoms with Gasteiger partial charge >= 0.3 is 0 Å². The largest absolute Gasteiger partial charge is 0.325 e. The van der Waals surface area contributed by atoms with Crippen molar-refractivity contribution in [1.82, 2.24) is 0 Å². The molecule has 0 aromatic heterocycles. The Hall–Kier alpha value is -0.530. The third kappa shape index (κ3) is 2.04. The minimum absolute atomic E-state index is 0.0772. The van der Waals surface area contributed by atoms with Gasteiger partial charge in [0.05, 0.1) is 0 Å². The fraction of sp³-hybridized carbons (Fsp3) is 0.455. The van der Waals surface area contributed by atoms with Gasteiger partial charge in [0.15, 0.2) is 0 Å². The monoisotopic (exact) mass is 195 g/mol. The van der Waals surface area contributed by atoms with E-state index in [4.69, 9.17) is 17.3 Å². The molecule has 1 fully saturated rings. The lowest BCUT2D eigenvalue weighted by molar-refractivity contribution is 0.247. The number of halogens is 1. The van der Waals surface area contributed by atoms with E-state index in [0.29, 0.717) is 0 Å². The van der Waals surface area contributed by atoms with Gasteiger partial charge in [-0.2, -0.15) is 0 Å². The maximum Gasteiger partial charge on any atom is 0.0406 e. The summed E-state index contributed by atoms with van der Waals surface area (Å²) in [6, 6.07) is 7.99. The fourth-order valence-electron chi connectivity index (χ4n) is 1.82. The number of rotatable bonds is 2. The van der Waals surface area contributed by atoms with E-state index in [1.54, 1.807) is 0 Å². The smallest absolute Gasteiger partial charge is 0.0406 e. The summed E-state index contributed by atoms with van der Waals surface area (Å²) in [5.74, 6) is 0. The Morgan fingerprint density at radius 2 is 1.85 bits per heavy atom. The molecular weight excluding hydrogens is 182 g/mol. The van der Waals surface area contributed by atoms with E-state index in [1.165, 1.54) is 12.0 Å². The Kier molecular flexibility index (Phi) is 2.31. The lowest BCUT2D eigenvalue weighted by Crippen LogP contribution is -2.48. The second-order valence-electron chi connectivity index (χ2n) is 4.02. The van der Waals surface area contributed by atoms with Crippen LogP contribution in [0.2, 0.25) is 5.02 Å². The van der Waals surface area contributed by atoms with E-state index in [0.717, 1.165) is 24.3 Å². The lowest BCUT2D eigenvalue weighted by Gasteiger charge is -2.38. The van der Waals surface area contributed by atoms with Crippen LogP contribution in [-0.4, -0.2) is 5.54 Å². The van der Waals surface area contributed by atoms with Gasteiger partial charge in [-0.25, -0.2) is 0 Å². The summed E-state index contributed by atoms with van der Waals surface area (Å²) < 4.78 is 0. The first-order valence-corrected chi connectivity index (χ1v) is 5.09. The zero-order chi connectivity index (χ0) is 9.31. The molecule has 0 amide bonds. The van der Waals surface area contributed by atoms with E-state index < -0.39 is 0 Å². The van der Waals surface area contributed by atoms with Crippen molar-refractivity contribution in [2.24, 2.45) is 5.73 Å². The van der Waals surface area contributed by atoms with Crippen LogP contribution in [0.4, 0.5) is 0 Å². The molecule has 0 unspecified atom stereocenters. The van der Waals surface area contributed by atoms with Crippen LogP contribution < -0.4 is 5.73 Å². The third-order valence-electron chi connectivity index (χ3n) is 2.82. The van der Waals surface area contributed by atoms with Crippen LogP contribution in [0.1, 0.15) is 24.8 Å². The zero-order valence-corrected chi connectivity index (χ0v) is 8.35. The summed E-state index contributed by atoms with van der Waals surface area (Å²) in [7, 11) is 0. The molecule has 0 heterocycles. The van der Waals surface area contributed by atoms with E-state index in [2.05, 4.69) is 12.1 Å². The molecule has 0 radical (unpaired) electrons. The average Bonchev–Trinajstić information content (AvgIpc) is 2.06. The van der Waals surface area contributed by atoms with Crippen LogP contribution in [0.25, 0.3) is 0 Å². The van der Waals surface area contributed by atoms with E-state index in [9.17, 15) is 0 Å². The molecule has 70 valence electrons. The second-order valence-corrected chi connectivity index (χ2v) is 4.46. The highest BCUT2D eigenvalue weighted by atomic mass is 35.5. The van der Waals surface area contributed by atoms with Crippen LogP contribution in [0.3, 0.4) is 0 Å². The van der Waals surface area contributed by atoms with Gasteiger partial charge in [-0.05, 0) is 43.4 Å². The normalized spacial score (nSPS) is 19.5.